The van der Waals surface area contributed by atoms with Gasteiger partial charge in [-0.2, -0.15) is 0 Å². The number of hydrogen-bond acceptors (Lipinski definition) is 2. The van der Waals surface area contributed by atoms with Gasteiger partial charge < -0.3 is 5.11 Å². The molecule has 0 saturated carbocycles. The number of phenols is 1. The second kappa shape index (κ2) is 4.10. The molecule has 3 heteroatoms. The maximum atomic E-state index is 9.21. The fourth-order valence-electron chi connectivity index (χ4n) is 1.26. The van der Waals surface area contributed by atoms with E-state index in [1.54, 1.807) is 18.3 Å². The van der Waals surface area contributed by atoms with Crippen LogP contribution >= 0.6 is 12.4 Å². The van der Waals surface area contributed by atoms with Gasteiger partial charge in [-0.3, -0.25) is 4.99 Å². The molecule has 0 unspecified atom stereocenters. The molecule has 2 rings (SSSR count). The van der Waals surface area contributed by atoms with Gasteiger partial charge in [-0.15, -0.1) is 12.4 Å². The average Bonchev–Trinajstić information content (AvgIpc) is 2.28. The van der Waals surface area contributed by atoms with Crippen LogP contribution in [0.15, 0.2) is 29.4 Å². The quantitative estimate of drug-likeness (QED) is 0.678. The molecule has 1 aliphatic rings. The predicted molar refractivity (Wildman–Crippen MR) is 56.6 cm³/mol. The lowest BCUT2D eigenvalue weighted by molar-refractivity contribution is 0.475. The first-order valence-corrected chi connectivity index (χ1v) is 3.86. The second-order valence-corrected chi connectivity index (χ2v) is 2.73. The summed E-state index contributed by atoms with van der Waals surface area (Å²) in [7, 11) is 0. The summed E-state index contributed by atoms with van der Waals surface area (Å²) < 4.78 is 0. The molecule has 0 atom stereocenters. The Balaban J connectivity index is 0.000000845. The number of aromatic hydroxyl groups is 1. The molecule has 68 valence electrons. The van der Waals surface area contributed by atoms with Gasteiger partial charge >= 0.3 is 0 Å². The third kappa shape index (κ3) is 2.10. The topological polar surface area (TPSA) is 32.6 Å². The third-order valence-electron chi connectivity index (χ3n) is 1.89. The Kier molecular flexibility index (Phi) is 3.09. The maximum Gasteiger partial charge on any atom is 0.116 e. The van der Waals surface area contributed by atoms with Gasteiger partial charge in [0, 0.05) is 18.8 Å². The van der Waals surface area contributed by atoms with E-state index in [1.165, 1.54) is 5.56 Å². The Bertz CT molecular complexity index is 358. The van der Waals surface area contributed by atoms with E-state index in [4.69, 9.17) is 0 Å². The normalized spacial score (nSPS) is 12.9. The number of phenolic OH excluding ortho intramolecular Hbond substituents is 1. The minimum absolute atomic E-state index is 0. The van der Waals surface area contributed by atoms with E-state index in [0.29, 0.717) is 5.75 Å². The van der Waals surface area contributed by atoms with Crippen LogP contribution in [0.1, 0.15) is 11.1 Å². The van der Waals surface area contributed by atoms with Gasteiger partial charge in [0.05, 0.1) is 0 Å². The lowest BCUT2D eigenvalue weighted by Crippen LogP contribution is -1.87. The Labute approximate surface area is 83.0 Å². The van der Waals surface area contributed by atoms with Crippen molar-refractivity contribution >= 4 is 24.7 Å². The van der Waals surface area contributed by atoms with E-state index >= 15 is 0 Å². The maximum absolute atomic E-state index is 9.21. The zero-order valence-electron chi connectivity index (χ0n) is 6.97. The Hall–Kier alpha value is -1.28. The van der Waals surface area contributed by atoms with Crippen LogP contribution in [-0.4, -0.2) is 11.3 Å². The molecule has 2 nitrogen and oxygen atoms in total. The molecule has 0 fully saturated rings. The molecule has 1 aromatic rings. The van der Waals surface area contributed by atoms with Crippen molar-refractivity contribution in [3.8, 4) is 5.75 Å². The molecule has 0 radical (unpaired) electrons. The number of nitrogens with zero attached hydrogens (tertiary/aromatic N) is 1. The van der Waals surface area contributed by atoms with E-state index in [9.17, 15) is 5.11 Å². The van der Waals surface area contributed by atoms with E-state index in [-0.39, 0.29) is 12.4 Å². The van der Waals surface area contributed by atoms with Crippen molar-refractivity contribution in [1.29, 1.82) is 0 Å². The Morgan fingerprint density at radius 3 is 3.00 bits per heavy atom. The van der Waals surface area contributed by atoms with Crippen molar-refractivity contribution < 1.29 is 5.11 Å². The lowest BCUT2D eigenvalue weighted by atomic mass is 10.1. The van der Waals surface area contributed by atoms with E-state index in [0.717, 1.165) is 12.0 Å². The number of rotatable bonds is 0. The van der Waals surface area contributed by atoms with Crippen LogP contribution in [0.4, 0.5) is 0 Å². The molecule has 0 spiro atoms. The van der Waals surface area contributed by atoms with Crippen LogP contribution in [0, 0.1) is 0 Å². The van der Waals surface area contributed by atoms with Crippen LogP contribution in [-0.2, 0) is 6.42 Å². The highest BCUT2D eigenvalue weighted by molar-refractivity contribution is 5.85. The average molecular weight is 196 g/mol. The molecule has 1 heterocycles. The van der Waals surface area contributed by atoms with Crippen molar-refractivity contribution in [2.45, 2.75) is 6.42 Å². The number of hydrogen-bond donors (Lipinski definition) is 1. The van der Waals surface area contributed by atoms with Gasteiger partial charge in [0.15, 0.2) is 0 Å². The van der Waals surface area contributed by atoms with Crippen LogP contribution in [0.3, 0.4) is 0 Å². The van der Waals surface area contributed by atoms with E-state index in [2.05, 4.69) is 4.99 Å². The summed E-state index contributed by atoms with van der Waals surface area (Å²) in [6.07, 6.45) is 6.34. The molecular formula is C10H10ClNO. The largest absolute Gasteiger partial charge is 0.508 e. The van der Waals surface area contributed by atoms with Gasteiger partial charge in [0.25, 0.3) is 0 Å². The van der Waals surface area contributed by atoms with Crippen molar-refractivity contribution in [1.82, 2.24) is 0 Å². The number of fused-ring (bicyclic) bond motifs is 1. The molecule has 0 aromatic heterocycles. The number of benzene rings is 1. The summed E-state index contributed by atoms with van der Waals surface area (Å²) in [4.78, 5) is 4.03. The molecule has 0 bridgehead atoms. The second-order valence-electron chi connectivity index (χ2n) is 2.73. The highest BCUT2D eigenvalue weighted by atomic mass is 35.5. The van der Waals surface area contributed by atoms with Crippen LogP contribution < -0.4 is 0 Å². The van der Waals surface area contributed by atoms with Crippen LogP contribution in [0.5, 0.6) is 5.75 Å². The van der Waals surface area contributed by atoms with E-state index < -0.39 is 0 Å². The molecule has 1 aliphatic heterocycles. The summed E-state index contributed by atoms with van der Waals surface area (Å²) in [6, 6.07) is 5.37. The molecular weight excluding hydrogens is 186 g/mol. The zero-order valence-corrected chi connectivity index (χ0v) is 7.79. The summed E-state index contributed by atoms with van der Waals surface area (Å²) in [5.74, 6) is 0.306. The fourth-order valence-corrected chi connectivity index (χ4v) is 1.26. The van der Waals surface area contributed by atoms with Crippen molar-refractivity contribution in [2.75, 3.05) is 0 Å². The minimum Gasteiger partial charge on any atom is -0.508 e. The molecule has 0 amide bonds. The molecule has 1 aromatic carbocycles. The Morgan fingerprint density at radius 1 is 1.31 bits per heavy atom. The SMILES string of the molecule is Cl.Oc1ccc2c(c1)C=CN=CC2. The molecule has 1 N–H and O–H groups in total. The van der Waals surface area contributed by atoms with Crippen LogP contribution in [0.25, 0.3) is 6.08 Å². The van der Waals surface area contributed by atoms with Gasteiger partial charge in [-0.05, 0) is 29.3 Å². The van der Waals surface area contributed by atoms with Gasteiger partial charge in [0.2, 0.25) is 0 Å². The first kappa shape index (κ1) is 9.81. The van der Waals surface area contributed by atoms with Crippen molar-refractivity contribution in [3.05, 3.63) is 35.5 Å². The summed E-state index contributed by atoms with van der Waals surface area (Å²) in [6.45, 7) is 0. The summed E-state index contributed by atoms with van der Waals surface area (Å²) >= 11 is 0. The van der Waals surface area contributed by atoms with Gasteiger partial charge in [-0.1, -0.05) is 6.07 Å². The fraction of sp³-hybridized carbons (Fsp3) is 0.100. The summed E-state index contributed by atoms with van der Waals surface area (Å²) in [5, 5.41) is 9.21. The first-order chi connectivity index (χ1) is 5.86. The van der Waals surface area contributed by atoms with E-state index in [1.807, 2.05) is 18.4 Å². The zero-order chi connectivity index (χ0) is 8.39. The van der Waals surface area contributed by atoms with Crippen molar-refractivity contribution in [3.63, 3.8) is 0 Å². The standard InChI is InChI=1S/C10H9NO.ClH/c12-10-2-1-8-3-5-11-6-4-9(8)7-10;/h1-2,4-7,12H,3H2;1H. The summed E-state index contributed by atoms with van der Waals surface area (Å²) in [5.41, 5.74) is 2.25. The highest BCUT2D eigenvalue weighted by Crippen LogP contribution is 2.19. The predicted octanol–water partition coefficient (Wildman–Crippen LogP) is 2.41. The Morgan fingerprint density at radius 2 is 2.15 bits per heavy atom. The minimum atomic E-state index is 0. The smallest absolute Gasteiger partial charge is 0.116 e. The number of aliphatic imine (C=N–C) groups is 1. The molecule has 0 saturated heterocycles. The highest BCUT2D eigenvalue weighted by Gasteiger charge is 2.00. The number of halogens is 1. The third-order valence-corrected chi connectivity index (χ3v) is 1.89. The molecule has 0 aliphatic carbocycles. The van der Waals surface area contributed by atoms with Crippen LogP contribution in [0.2, 0.25) is 0 Å². The van der Waals surface area contributed by atoms with Crippen molar-refractivity contribution in [2.24, 2.45) is 4.99 Å². The first-order valence-electron chi connectivity index (χ1n) is 3.86. The van der Waals surface area contributed by atoms with Gasteiger partial charge in [-0.25, -0.2) is 0 Å². The van der Waals surface area contributed by atoms with Gasteiger partial charge in [0.1, 0.15) is 5.75 Å². The molecule has 13 heavy (non-hydrogen) atoms. The lowest BCUT2D eigenvalue weighted by Gasteiger charge is -2.01. The monoisotopic (exact) mass is 195 g/mol.